The van der Waals surface area contributed by atoms with Crippen LogP contribution in [0.2, 0.25) is 0 Å². The van der Waals surface area contributed by atoms with Gasteiger partial charge in [-0.05, 0) is 37.7 Å². The molecule has 1 nitrogen and oxygen atoms in total. The molecule has 62 valence electrons. The maximum atomic E-state index is 4.06. The summed E-state index contributed by atoms with van der Waals surface area (Å²) in [4.78, 5) is 4.06. The lowest BCUT2D eigenvalue weighted by atomic mass is 9.86. The van der Waals surface area contributed by atoms with Gasteiger partial charge in [-0.1, -0.05) is 12.5 Å². The summed E-state index contributed by atoms with van der Waals surface area (Å²) in [6.45, 7) is 4.54. The highest BCUT2D eigenvalue weighted by atomic mass is 14.6. The standard InChI is InChI=1S/C10H17N/c1-8-4-5-9(2)10(6-8)7-11-3/h7-8H,4-6H2,1-3H3. The first kappa shape index (κ1) is 8.51. The Labute approximate surface area is 69.2 Å². The van der Waals surface area contributed by atoms with Gasteiger partial charge in [-0.15, -0.1) is 0 Å². The van der Waals surface area contributed by atoms with Gasteiger partial charge in [0.1, 0.15) is 0 Å². The van der Waals surface area contributed by atoms with E-state index < -0.39 is 0 Å². The molecule has 0 heterocycles. The van der Waals surface area contributed by atoms with Gasteiger partial charge in [0.15, 0.2) is 0 Å². The number of allylic oxidation sites excluding steroid dienone is 2. The molecule has 1 aliphatic carbocycles. The minimum absolute atomic E-state index is 0.853. The van der Waals surface area contributed by atoms with E-state index in [2.05, 4.69) is 18.8 Å². The third-order valence-electron chi connectivity index (χ3n) is 2.41. The van der Waals surface area contributed by atoms with Gasteiger partial charge in [0.2, 0.25) is 0 Å². The number of hydrogen-bond acceptors (Lipinski definition) is 1. The van der Waals surface area contributed by atoms with Gasteiger partial charge >= 0.3 is 0 Å². The molecule has 1 rings (SSSR count). The second-order valence-electron chi connectivity index (χ2n) is 3.54. The summed E-state index contributed by atoms with van der Waals surface area (Å²) >= 11 is 0. The first-order valence-corrected chi connectivity index (χ1v) is 4.35. The zero-order valence-corrected chi connectivity index (χ0v) is 7.72. The van der Waals surface area contributed by atoms with Crippen molar-refractivity contribution >= 4 is 6.21 Å². The largest absolute Gasteiger partial charge is 0.296 e. The van der Waals surface area contributed by atoms with Crippen molar-refractivity contribution in [2.45, 2.75) is 33.1 Å². The average Bonchev–Trinajstić information content (AvgIpc) is 1.98. The van der Waals surface area contributed by atoms with Gasteiger partial charge in [0.25, 0.3) is 0 Å². The summed E-state index contributed by atoms with van der Waals surface area (Å²) < 4.78 is 0. The summed E-state index contributed by atoms with van der Waals surface area (Å²) in [5, 5.41) is 0. The number of hydrogen-bond donors (Lipinski definition) is 0. The van der Waals surface area contributed by atoms with Gasteiger partial charge in [-0.2, -0.15) is 0 Å². The molecule has 1 heteroatoms. The molecule has 0 aliphatic heterocycles. The Morgan fingerprint density at radius 1 is 1.55 bits per heavy atom. The molecule has 0 aromatic heterocycles. The predicted molar refractivity (Wildman–Crippen MR) is 50.1 cm³/mol. The molecule has 0 spiro atoms. The molecular weight excluding hydrogens is 134 g/mol. The second kappa shape index (κ2) is 3.70. The molecule has 0 saturated carbocycles. The van der Waals surface area contributed by atoms with Crippen molar-refractivity contribution in [3.63, 3.8) is 0 Å². The maximum Gasteiger partial charge on any atom is 0.0277 e. The second-order valence-corrected chi connectivity index (χ2v) is 3.54. The first-order chi connectivity index (χ1) is 5.24. The Balaban J connectivity index is 2.71. The van der Waals surface area contributed by atoms with Crippen LogP contribution in [0.5, 0.6) is 0 Å². The van der Waals surface area contributed by atoms with Crippen LogP contribution in [-0.2, 0) is 0 Å². The average molecular weight is 151 g/mol. The fourth-order valence-electron chi connectivity index (χ4n) is 1.59. The van der Waals surface area contributed by atoms with Crippen LogP contribution >= 0.6 is 0 Å². The lowest BCUT2D eigenvalue weighted by molar-refractivity contribution is 0.506. The van der Waals surface area contributed by atoms with Crippen molar-refractivity contribution < 1.29 is 0 Å². The molecule has 11 heavy (non-hydrogen) atoms. The molecule has 0 bridgehead atoms. The number of aliphatic imine (C=N–C) groups is 1. The number of nitrogens with zero attached hydrogens (tertiary/aromatic N) is 1. The van der Waals surface area contributed by atoms with E-state index in [1.807, 2.05) is 13.3 Å². The van der Waals surface area contributed by atoms with Gasteiger partial charge in [-0.3, -0.25) is 4.99 Å². The van der Waals surface area contributed by atoms with Crippen LogP contribution in [-0.4, -0.2) is 13.3 Å². The molecule has 0 saturated heterocycles. The van der Waals surface area contributed by atoms with Crippen LogP contribution in [0, 0.1) is 5.92 Å². The Hall–Kier alpha value is -0.590. The first-order valence-electron chi connectivity index (χ1n) is 4.35. The molecule has 1 aliphatic rings. The highest BCUT2D eigenvalue weighted by molar-refractivity contribution is 5.79. The van der Waals surface area contributed by atoms with Crippen molar-refractivity contribution in [3.8, 4) is 0 Å². The Morgan fingerprint density at radius 3 is 2.91 bits per heavy atom. The van der Waals surface area contributed by atoms with E-state index >= 15 is 0 Å². The Kier molecular flexibility index (Phi) is 2.86. The van der Waals surface area contributed by atoms with Gasteiger partial charge < -0.3 is 0 Å². The molecule has 1 unspecified atom stereocenters. The summed E-state index contributed by atoms with van der Waals surface area (Å²) in [5.74, 6) is 0.853. The third kappa shape index (κ3) is 2.18. The third-order valence-corrected chi connectivity index (χ3v) is 2.41. The fraction of sp³-hybridized carbons (Fsp3) is 0.700. The summed E-state index contributed by atoms with van der Waals surface area (Å²) in [6, 6.07) is 0. The zero-order valence-electron chi connectivity index (χ0n) is 7.72. The summed E-state index contributed by atoms with van der Waals surface area (Å²) in [7, 11) is 1.85. The van der Waals surface area contributed by atoms with Crippen LogP contribution in [0.3, 0.4) is 0 Å². The van der Waals surface area contributed by atoms with Crippen molar-refractivity contribution in [3.05, 3.63) is 11.1 Å². The Morgan fingerprint density at radius 2 is 2.27 bits per heavy atom. The normalized spacial score (nSPS) is 26.6. The molecule has 0 radical (unpaired) electrons. The molecule has 0 aromatic carbocycles. The quantitative estimate of drug-likeness (QED) is 0.511. The van der Waals surface area contributed by atoms with E-state index in [-0.39, 0.29) is 0 Å². The van der Waals surface area contributed by atoms with Crippen LogP contribution in [0.4, 0.5) is 0 Å². The highest BCUT2D eigenvalue weighted by Gasteiger charge is 2.13. The van der Waals surface area contributed by atoms with Gasteiger partial charge in [-0.25, -0.2) is 0 Å². The van der Waals surface area contributed by atoms with Crippen molar-refractivity contribution in [2.75, 3.05) is 7.05 Å². The monoisotopic (exact) mass is 151 g/mol. The van der Waals surface area contributed by atoms with Crippen LogP contribution in [0.15, 0.2) is 16.1 Å². The Bertz CT molecular complexity index is 189. The smallest absolute Gasteiger partial charge is 0.0277 e. The van der Waals surface area contributed by atoms with E-state index in [1.54, 1.807) is 0 Å². The molecule has 1 atom stereocenters. The van der Waals surface area contributed by atoms with E-state index in [0.29, 0.717) is 0 Å². The molecule has 0 fully saturated rings. The van der Waals surface area contributed by atoms with E-state index in [4.69, 9.17) is 0 Å². The molecular formula is C10H17N. The SMILES string of the molecule is CN=CC1=C(C)CCC(C)C1. The van der Waals surface area contributed by atoms with Crippen molar-refractivity contribution in [1.82, 2.24) is 0 Å². The highest BCUT2D eigenvalue weighted by Crippen LogP contribution is 2.27. The molecule has 0 N–H and O–H groups in total. The van der Waals surface area contributed by atoms with Crippen molar-refractivity contribution in [2.24, 2.45) is 10.9 Å². The van der Waals surface area contributed by atoms with E-state index in [0.717, 1.165) is 5.92 Å². The van der Waals surface area contributed by atoms with Crippen molar-refractivity contribution in [1.29, 1.82) is 0 Å². The fourth-order valence-corrected chi connectivity index (χ4v) is 1.59. The minimum atomic E-state index is 0.853. The summed E-state index contributed by atoms with van der Waals surface area (Å²) in [6.07, 6.45) is 5.86. The topological polar surface area (TPSA) is 12.4 Å². The molecule has 0 amide bonds. The molecule has 0 aromatic rings. The maximum absolute atomic E-state index is 4.06. The predicted octanol–water partition coefficient (Wildman–Crippen LogP) is 2.82. The summed E-state index contributed by atoms with van der Waals surface area (Å²) in [5.41, 5.74) is 3.00. The van der Waals surface area contributed by atoms with Crippen LogP contribution in [0.25, 0.3) is 0 Å². The van der Waals surface area contributed by atoms with Gasteiger partial charge in [0.05, 0.1) is 0 Å². The zero-order chi connectivity index (χ0) is 8.27. The van der Waals surface area contributed by atoms with E-state index in [9.17, 15) is 0 Å². The lowest BCUT2D eigenvalue weighted by Crippen LogP contribution is -2.06. The lowest BCUT2D eigenvalue weighted by Gasteiger charge is -2.20. The van der Waals surface area contributed by atoms with Crippen LogP contribution in [0.1, 0.15) is 33.1 Å². The van der Waals surface area contributed by atoms with E-state index in [1.165, 1.54) is 30.4 Å². The van der Waals surface area contributed by atoms with Crippen LogP contribution < -0.4 is 0 Å². The number of rotatable bonds is 1. The minimum Gasteiger partial charge on any atom is -0.296 e. The van der Waals surface area contributed by atoms with Gasteiger partial charge in [0, 0.05) is 13.3 Å².